The van der Waals surface area contributed by atoms with E-state index in [2.05, 4.69) is 72.8 Å². The zero-order valence-electron chi connectivity index (χ0n) is 17.6. The number of thiophene rings is 1. The Bertz CT molecular complexity index is 539. The van der Waals surface area contributed by atoms with Crippen LogP contribution in [0, 0.1) is 5.41 Å². The van der Waals surface area contributed by atoms with E-state index in [0.717, 1.165) is 32.1 Å². The third-order valence-electron chi connectivity index (χ3n) is 4.67. The molecule has 0 amide bonds. The van der Waals surface area contributed by atoms with Crippen molar-refractivity contribution < 1.29 is 0 Å². The van der Waals surface area contributed by atoms with E-state index in [1.807, 2.05) is 11.3 Å². The molecule has 1 aromatic rings. The molecule has 1 aliphatic heterocycles. The van der Waals surface area contributed by atoms with Gasteiger partial charge in [0.2, 0.25) is 0 Å². The van der Waals surface area contributed by atoms with E-state index in [1.165, 1.54) is 30.8 Å². The van der Waals surface area contributed by atoms with Crippen LogP contribution in [0.1, 0.15) is 44.5 Å². The molecule has 0 spiro atoms. The van der Waals surface area contributed by atoms with Crippen molar-refractivity contribution in [2.75, 3.05) is 53.4 Å². The number of halogens is 1. The van der Waals surface area contributed by atoms with Crippen LogP contribution in [0.4, 0.5) is 0 Å². The topological polar surface area (TPSA) is 42.9 Å². The first-order valence-electron chi connectivity index (χ1n) is 9.85. The van der Waals surface area contributed by atoms with Gasteiger partial charge in [-0.3, -0.25) is 9.89 Å². The van der Waals surface area contributed by atoms with E-state index >= 15 is 0 Å². The summed E-state index contributed by atoms with van der Waals surface area (Å²) in [4.78, 5) is 11.2. The first kappa shape index (κ1) is 24.7. The minimum absolute atomic E-state index is 0. The van der Waals surface area contributed by atoms with Gasteiger partial charge in [-0.25, -0.2) is 0 Å². The smallest absolute Gasteiger partial charge is 0.191 e. The molecule has 156 valence electrons. The number of hydrogen-bond donors (Lipinski definition) is 2. The third-order valence-corrected chi connectivity index (χ3v) is 5.64. The molecule has 1 aliphatic rings. The van der Waals surface area contributed by atoms with Crippen LogP contribution in [-0.4, -0.2) is 69.1 Å². The summed E-state index contributed by atoms with van der Waals surface area (Å²) in [5, 5.41) is 9.19. The molecule has 1 aromatic heterocycles. The number of aliphatic imine (C=N–C) groups is 1. The number of likely N-dealkylation sites (tertiary alicyclic amines) is 1. The minimum Gasteiger partial charge on any atom is -0.357 e. The highest BCUT2D eigenvalue weighted by Gasteiger charge is 2.24. The molecule has 2 N–H and O–H groups in total. The third kappa shape index (κ3) is 8.66. The first-order chi connectivity index (χ1) is 12.4. The average Bonchev–Trinajstić information content (AvgIpc) is 3.25. The number of guanidine groups is 1. The van der Waals surface area contributed by atoms with Gasteiger partial charge in [0.1, 0.15) is 0 Å². The lowest BCUT2D eigenvalue weighted by atomic mass is 9.93. The van der Waals surface area contributed by atoms with Gasteiger partial charge in [-0.2, -0.15) is 0 Å². The monoisotopic (exact) mass is 507 g/mol. The Balaban J connectivity index is 0.00000364. The zero-order chi connectivity index (χ0) is 19.0. The zero-order valence-corrected chi connectivity index (χ0v) is 20.8. The van der Waals surface area contributed by atoms with Gasteiger partial charge in [-0.1, -0.05) is 19.9 Å². The van der Waals surface area contributed by atoms with Gasteiger partial charge in [0.25, 0.3) is 0 Å². The van der Waals surface area contributed by atoms with Crippen LogP contribution in [0.25, 0.3) is 0 Å². The lowest BCUT2D eigenvalue weighted by Gasteiger charge is -2.29. The highest BCUT2D eigenvalue weighted by atomic mass is 127. The van der Waals surface area contributed by atoms with Crippen molar-refractivity contribution in [3.63, 3.8) is 0 Å². The second-order valence-corrected chi connectivity index (χ2v) is 9.23. The van der Waals surface area contributed by atoms with Crippen molar-refractivity contribution in [1.82, 2.24) is 20.4 Å². The van der Waals surface area contributed by atoms with Crippen molar-refractivity contribution in [2.45, 2.75) is 39.7 Å². The Hall–Kier alpha value is -0.380. The van der Waals surface area contributed by atoms with Gasteiger partial charge >= 0.3 is 0 Å². The highest BCUT2D eigenvalue weighted by molar-refractivity contribution is 14.0. The SMILES string of the molecule is CCNC(=NCC(C)(C)CN(C)C)NCC(c1cccs1)N1CCCC1.I. The van der Waals surface area contributed by atoms with Crippen LogP contribution in [0.2, 0.25) is 0 Å². The summed E-state index contributed by atoms with van der Waals surface area (Å²) in [6.07, 6.45) is 2.63. The number of nitrogens with zero attached hydrogens (tertiary/aromatic N) is 3. The lowest BCUT2D eigenvalue weighted by molar-refractivity contribution is 0.245. The number of nitrogens with one attached hydrogen (secondary N) is 2. The van der Waals surface area contributed by atoms with E-state index in [0.29, 0.717) is 6.04 Å². The molecule has 0 radical (unpaired) electrons. The second kappa shape index (κ2) is 12.2. The van der Waals surface area contributed by atoms with E-state index in [1.54, 1.807) is 0 Å². The Morgan fingerprint density at radius 3 is 2.56 bits per heavy atom. The first-order valence-corrected chi connectivity index (χ1v) is 10.7. The molecule has 1 unspecified atom stereocenters. The van der Waals surface area contributed by atoms with Crippen LogP contribution in [0.3, 0.4) is 0 Å². The van der Waals surface area contributed by atoms with Crippen molar-refractivity contribution in [3.05, 3.63) is 22.4 Å². The fourth-order valence-electron chi connectivity index (χ4n) is 3.68. The van der Waals surface area contributed by atoms with Crippen LogP contribution in [-0.2, 0) is 0 Å². The fraction of sp³-hybridized carbons (Fsp3) is 0.750. The maximum absolute atomic E-state index is 4.87. The van der Waals surface area contributed by atoms with E-state index < -0.39 is 0 Å². The molecular formula is C20H38IN5S. The Kier molecular flexibility index (Phi) is 11.2. The Labute approximate surface area is 187 Å². The summed E-state index contributed by atoms with van der Waals surface area (Å²) in [6, 6.07) is 4.86. The normalized spacial score (nSPS) is 17.0. The molecule has 1 atom stereocenters. The highest BCUT2D eigenvalue weighted by Crippen LogP contribution is 2.27. The lowest BCUT2D eigenvalue weighted by Crippen LogP contribution is -2.43. The predicted octanol–water partition coefficient (Wildman–Crippen LogP) is 3.65. The quantitative estimate of drug-likeness (QED) is 0.304. The van der Waals surface area contributed by atoms with Crippen LogP contribution < -0.4 is 10.6 Å². The van der Waals surface area contributed by atoms with Gasteiger partial charge in [0.15, 0.2) is 5.96 Å². The fourth-order valence-corrected chi connectivity index (χ4v) is 4.54. The van der Waals surface area contributed by atoms with Gasteiger partial charge in [0, 0.05) is 31.1 Å². The van der Waals surface area contributed by atoms with Crippen molar-refractivity contribution in [3.8, 4) is 0 Å². The molecule has 2 rings (SSSR count). The van der Waals surface area contributed by atoms with Crippen molar-refractivity contribution >= 4 is 41.3 Å². The molecule has 0 aromatic carbocycles. The largest absolute Gasteiger partial charge is 0.357 e. The van der Waals surface area contributed by atoms with Crippen LogP contribution in [0.15, 0.2) is 22.5 Å². The summed E-state index contributed by atoms with van der Waals surface area (Å²) in [7, 11) is 4.24. The van der Waals surface area contributed by atoms with Gasteiger partial charge in [0.05, 0.1) is 6.04 Å². The van der Waals surface area contributed by atoms with Crippen LogP contribution >= 0.6 is 35.3 Å². The Morgan fingerprint density at radius 1 is 1.30 bits per heavy atom. The molecule has 2 heterocycles. The van der Waals surface area contributed by atoms with Gasteiger partial charge < -0.3 is 15.5 Å². The molecule has 0 aliphatic carbocycles. The van der Waals surface area contributed by atoms with Crippen LogP contribution in [0.5, 0.6) is 0 Å². The molecule has 5 nitrogen and oxygen atoms in total. The number of hydrogen-bond acceptors (Lipinski definition) is 4. The predicted molar refractivity (Wildman–Crippen MR) is 130 cm³/mol. The molecule has 27 heavy (non-hydrogen) atoms. The molecule has 1 saturated heterocycles. The molecule has 1 fully saturated rings. The maximum atomic E-state index is 4.87. The molecule has 7 heteroatoms. The van der Waals surface area contributed by atoms with Gasteiger partial charge in [-0.05, 0) is 63.8 Å². The molecule has 0 bridgehead atoms. The maximum Gasteiger partial charge on any atom is 0.191 e. The number of rotatable bonds is 9. The molecular weight excluding hydrogens is 469 g/mol. The summed E-state index contributed by atoms with van der Waals surface area (Å²) >= 11 is 1.86. The summed E-state index contributed by atoms with van der Waals surface area (Å²) in [5.74, 6) is 0.931. The van der Waals surface area contributed by atoms with E-state index in [-0.39, 0.29) is 29.4 Å². The summed E-state index contributed by atoms with van der Waals surface area (Å²) in [5.41, 5.74) is 0.161. The van der Waals surface area contributed by atoms with Crippen molar-refractivity contribution in [2.24, 2.45) is 10.4 Å². The van der Waals surface area contributed by atoms with E-state index in [4.69, 9.17) is 4.99 Å². The Morgan fingerprint density at radius 2 is 2.00 bits per heavy atom. The summed E-state index contributed by atoms with van der Waals surface area (Å²) in [6.45, 7) is 12.7. The minimum atomic E-state index is 0. The molecule has 0 saturated carbocycles. The average molecular weight is 508 g/mol. The van der Waals surface area contributed by atoms with Crippen molar-refractivity contribution in [1.29, 1.82) is 0 Å². The summed E-state index contributed by atoms with van der Waals surface area (Å²) < 4.78 is 0. The second-order valence-electron chi connectivity index (χ2n) is 8.25. The van der Waals surface area contributed by atoms with E-state index in [9.17, 15) is 0 Å². The van der Waals surface area contributed by atoms with Gasteiger partial charge in [-0.15, -0.1) is 35.3 Å². The standard InChI is InChI=1S/C20H37N5S.HI/c1-6-21-19(23-15-20(2,3)16-24(4)5)22-14-17(18-10-9-13-26-18)25-11-7-8-12-25;/h9-10,13,17H,6-8,11-12,14-16H2,1-5H3,(H2,21,22,23);1H.